The van der Waals surface area contributed by atoms with Gasteiger partial charge in [0, 0.05) is 13.0 Å². The van der Waals surface area contributed by atoms with Gasteiger partial charge in [-0.25, -0.2) is 0 Å². The summed E-state index contributed by atoms with van der Waals surface area (Å²) < 4.78 is 0. The number of hydrogen-bond acceptors (Lipinski definition) is 4. The third-order valence-corrected chi connectivity index (χ3v) is 7.07. The Labute approximate surface area is 166 Å². The number of benzene rings is 1. The lowest BCUT2D eigenvalue weighted by Crippen LogP contribution is -2.61. The second kappa shape index (κ2) is 7.16. The first-order chi connectivity index (χ1) is 13.3. The smallest absolute Gasteiger partial charge is 0.238 e. The van der Waals surface area contributed by atoms with Gasteiger partial charge < -0.3 is 21.1 Å². The Morgan fingerprint density at radius 3 is 2.29 bits per heavy atom. The number of anilines is 2. The van der Waals surface area contributed by atoms with Gasteiger partial charge in [0.15, 0.2) is 0 Å². The number of amides is 2. The summed E-state index contributed by atoms with van der Waals surface area (Å²) in [4.78, 5) is 23.9. The van der Waals surface area contributed by atoms with Crippen molar-refractivity contribution >= 4 is 23.2 Å². The summed E-state index contributed by atoms with van der Waals surface area (Å²) in [5.41, 5.74) is 0.813. The van der Waals surface area contributed by atoms with Gasteiger partial charge in [-0.2, -0.15) is 0 Å². The van der Waals surface area contributed by atoms with Gasteiger partial charge in [0.05, 0.1) is 23.5 Å². The van der Waals surface area contributed by atoms with Gasteiger partial charge in [0.2, 0.25) is 11.8 Å². The predicted molar refractivity (Wildman–Crippen MR) is 109 cm³/mol. The quantitative estimate of drug-likeness (QED) is 0.606. The molecule has 0 unspecified atom stereocenters. The van der Waals surface area contributed by atoms with Crippen molar-refractivity contribution in [1.29, 1.82) is 0 Å². The first-order valence-electron chi connectivity index (χ1n) is 10.4. The van der Waals surface area contributed by atoms with Gasteiger partial charge in [0.1, 0.15) is 0 Å². The van der Waals surface area contributed by atoms with Crippen molar-refractivity contribution in [3.8, 4) is 0 Å². The fourth-order valence-corrected chi connectivity index (χ4v) is 6.34. The minimum Gasteiger partial charge on any atom is -0.390 e. The van der Waals surface area contributed by atoms with E-state index >= 15 is 0 Å². The zero-order valence-corrected chi connectivity index (χ0v) is 16.8. The van der Waals surface area contributed by atoms with Crippen molar-refractivity contribution in [3.63, 3.8) is 0 Å². The van der Waals surface area contributed by atoms with E-state index in [0.29, 0.717) is 23.2 Å². The summed E-state index contributed by atoms with van der Waals surface area (Å²) in [5.74, 6) is 0.962. The molecule has 0 aliphatic heterocycles. The molecule has 4 aliphatic carbocycles. The molecule has 4 aliphatic rings. The summed E-state index contributed by atoms with van der Waals surface area (Å²) in [6.45, 7) is 3.82. The van der Waals surface area contributed by atoms with Crippen LogP contribution in [-0.4, -0.2) is 35.1 Å². The second-order valence-corrected chi connectivity index (χ2v) is 9.43. The lowest BCUT2D eigenvalue weighted by atomic mass is 9.46. The molecule has 6 heteroatoms. The molecule has 4 fully saturated rings. The molecule has 0 spiro atoms. The molecule has 1 aromatic rings. The van der Waals surface area contributed by atoms with Gasteiger partial charge in [0.25, 0.3) is 0 Å². The summed E-state index contributed by atoms with van der Waals surface area (Å²) >= 11 is 0. The molecule has 4 N–H and O–H groups in total. The van der Waals surface area contributed by atoms with E-state index in [9.17, 15) is 14.7 Å². The monoisotopic (exact) mass is 385 g/mol. The molecule has 152 valence electrons. The van der Waals surface area contributed by atoms with E-state index in [1.54, 1.807) is 12.1 Å². The highest BCUT2D eigenvalue weighted by molar-refractivity contribution is 5.99. The Morgan fingerprint density at radius 1 is 1.11 bits per heavy atom. The summed E-state index contributed by atoms with van der Waals surface area (Å²) in [5, 5.41) is 20.0. The van der Waals surface area contributed by atoms with Crippen LogP contribution in [0.4, 0.5) is 11.4 Å². The van der Waals surface area contributed by atoms with E-state index in [1.165, 1.54) is 13.3 Å². The highest BCUT2D eigenvalue weighted by atomic mass is 16.3. The molecule has 1 aromatic carbocycles. The molecule has 4 saturated carbocycles. The number of carbonyl (C=O) groups is 2. The van der Waals surface area contributed by atoms with Crippen LogP contribution in [0.1, 0.15) is 52.4 Å². The Hall–Kier alpha value is -1.92. The van der Waals surface area contributed by atoms with Crippen LogP contribution < -0.4 is 16.0 Å². The summed E-state index contributed by atoms with van der Waals surface area (Å²) in [6.07, 6.45) is 6.35. The number of hydrogen-bond donors (Lipinski definition) is 4. The minimum atomic E-state index is -0.487. The number of carbonyl (C=O) groups excluding carboxylic acids is 2. The largest absolute Gasteiger partial charge is 0.390 e. The van der Waals surface area contributed by atoms with Crippen molar-refractivity contribution in [2.24, 2.45) is 17.3 Å². The maximum Gasteiger partial charge on any atom is 0.238 e. The van der Waals surface area contributed by atoms with Crippen LogP contribution in [0.25, 0.3) is 0 Å². The fourth-order valence-electron chi connectivity index (χ4n) is 6.34. The van der Waals surface area contributed by atoms with E-state index in [1.807, 2.05) is 12.1 Å². The average molecular weight is 386 g/mol. The summed E-state index contributed by atoms with van der Waals surface area (Å²) in [6, 6.07) is 7.37. The Morgan fingerprint density at radius 2 is 1.71 bits per heavy atom. The maximum absolute atomic E-state index is 12.5. The zero-order valence-electron chi connectivity index (χ0n) is 16.8. The van der Waals surface area contributed by atoms with Crippen molar-refractivity contribution in [1.82, 2.24) is 5.32 Å². The molecule has 28 heavy (non-hydrogen) atoms. The first kappa shape index (κ1) is 19.4. The van der Waals surface area contributed by atoms with Crippen LogP contribution >= 0.6 is 0 Å². The third kappa shape index (κ3) is 3.80. The van der Waals surface area contributed by atoms with Crippen LogP contribution in [-0.2, 0) is 9.59 Å². The van der Waals surface area contributed by atoms with Gasteiger partial charge in [-0.15, -0.1) is 0 Å². The van der Waals surface area contributed by atoms with E-state index < -0.39 is 5.60 Å². The van der Waals surface area contributed by atoms with Crippen LogP contribution in [0.5, 0.6) is 0 Å². The molecule has 0 heterocycles. The standard InChI is InChI=1S/C22H31N3O3/c1-14(21-8-16-7-17(9-21)11-22(28,10-16)13-21)23-12-20(27)25-19-6-4-3-5-18(19)24-15(2)26/h3-6,14,16-17,23,28H,7-13H2,1-2H3,(H,24,26)(H,25,27)/t14-,16+,17+,21?,22?/m1/s1. The number of para-hydroxylation sites is 2. The van der Waals surface area contributed by atoms with Crippen molar-refractivity contribution in [2.45, 2.75) is 64.0 Å². The Bertz CT molecular complexity index is 764. The normalized spacial score (nSPS) is 34.1. The zero-order chi connectivity index (χ0) is 19.9. The van der Waals surface area contributed by atoms with Crippen molar-refractivity contribution in [3.05, 3.63) is 24.3 Å². The average Bonchev–Trinajstić information content (AvgIpc) is 2.59. The minimum absolute atomic E-state index is 0.104. The predicted octanol–water partition coefficient (Wildman–Crippen LogP) is 2.89. The molecular weight excluding hydrogens is 354 g/mol. The summed E-state index contributed by atoms with van der Waals surface area (Å²) in [7, 11) is 0. The van der Waals surface area contributed by atoms with Crippen LogP contribution in [0.2, 0.25) is 0 Å². The third-order valence-electron chi connectivity index (χ3n) is 7.07. The SMILES string of the molecule is CC(=O)Nc1ccccc1NC(=O)CN[C@H](C)C12C[C@@H]3C[C@H](CC(O)(C3)C1)C2. The number of aliphatic hydroxyl groups is 1. The van der Waals surface area contributed by atoms with Gasteiger partial charge in [-0.3, -0.25) is 9.59 Å². The first-order valence-corrected chi connectivity index (χ1v) is 10.4. The van der Waals surface area contributed by atoms with Gasteiger partial charge >= 0.3 is 0 Å². The molecule has 0 radical (unpaired) electrons. The molecule has 3 atom stereocenters. The van der Waals surface area contributed by atoms with Crippen molar-refractivity contribution in [2.75, 3.05) is 17.2 Å². The Kier molecular flexibility index (Phi) is 4.96. The lowest BCUT2D eigenvalue weighted by Gasteiger charge is -2.62. The van der Waals surface area contributed by atoms with E-state index in [-0.39, 0.29) is 29.8 Å². The van der Waals surface area contributed by atoms with Gasteiger partial charge in [-0.1, -0.05) is 12.1 Å². The Balaban J connectivity index is 1.36. The fraction of sp³-hybridized carbons (Fsp3) is 0.636. The van der Waals surface area contributed by atoms with E-state index in [4.69, 9.17) is 0 Å². The van der Waals surface area contributed by atoms with Crippen LogP contribution in [0.15, 0.2) is 24.3 Å². The number of nitrogens with one attached hydrogen (secondary N) is 3. The van der Waals surface area contributed by atoms with Crippen molar-refractivity contribution < 1.29 is 14.7 Å². The molecule has 0 aromatic heterocycles. The maximum atomic E-state index is 12.5. The lowest BCUT2D eigenvalue weighted by molar-refractivity contribution is -0.171. The molecule has 5 rings (SSSR count). The molecular formula is C22H31N3O3. The van der Waals surface area contributed by atoms with Crippen LogP contribution in [0.3, 0.4) is 0 Å². The van der Waals surface area contributed by atoms with E-state index in [0.717, 1.165) is 32.1 Å². The second-order valence-electron chi connectivity index (χ2n) is 9.43. The van der Waals surface area contributed by atoms with E-state index in [2.05, 4.69) is 22.9 Å². The van der Waals surface area contributed by atoms with Crippen LogP contribution in [0, 0.1) is 17.3 Å². The van der Waals surface area contributed by atoms with Gasteiger partial charge in [-0.05, 0) is 74.8 Å². The molecule has 0 saturated heterocycles. The highest BCUT2D eigenvalue weighted by Crippen LogP contribution is 2.62. The molecule has 4 bridgehead atoms. The number of rotatable bonds is 6. The molecule has 6 nitrogen and oxygen atoms in total. The highest BCUT2D eigenvalue weighted by Gasteiger charge is 2.58. The topological polar surface area (TPSA) is 90.5 Å². The molecule has 2 amide bonds.